The van der Waals surface area contributed by atoms with Gasteiger partial charge in [-0.1, -0.05) is 11.2 Å². The first-order chi connectivity index (χ1) is 6.84. The van der Waals surface area contributed by atoms with E-state index in [1.54, 1.807) is 12.5 Å². The Balaban J connectivity index is 1.91. The largest absolute Gasteiger partial charge is 0.468 e. The molecule has 0 N–H and O–H groups in total. The van der Waals surface area contributed by atoms with Gasteiger partial charge in [0.15, 0.2) is 0 Å². The van der Waals surface area contributed by atoms with Crippen molar-refractivity contribution in [3.63, 3.8) is 0 Å². The number of furan rings is 2. The monoisotopic (exact) mass is 226 g/mol. The second-order valence-corrected chi connectivity index (χ2v) is 5.76. The predicted octanol–water partition coefficient (Wildman–Crippen LogP) is 2.65. The number of hydrogen-bond acceptors (Lipinski definition) is 3. The highest BCUT2D eigenvalue weighted by Gasteiger charge is 2.03. The molecule has 0 bridgehead atoms. The van der Waals surface area contributed by atoms with Crippen LogP contribution in [0, 0.1) is 0 Å². The van der Waals surface area contributed by atoms with Gasteiger partial charge >= 0.3 is 0 Å². The van der Waals surface area contributed by atoms with Gasteiger partial charge in [-0.25, -0.2) is 0 Å². The topological polar surface area (TPSA) is 26.3 Å². The maximum atomic E-state index is 5.34. The van der Waals surface area contributed by atoms with Crippen LogP contribution in [-0.2, 0) is 32.1 Å². The molecule has 0 amide bonds. The van der Waals surface area contributed by atoms with Crippen molar-refractivity contribution < 1.29 is 8.83 Å². The highest BCUT2D eigenvalue weighted by atomic mass is 32.8. The van der Waals surface area contributed by atoms with E-state index < -0.39 is 0 Å². The molecule has 0 unspecified atom stereocenters. The van der Waals surface area contributed by atoms with Crippen molar-refractivity contribution >= 4 is 20.6 Å². The summed E-state index contributed by atoms with van der Waals surface area (Å²) in [5, 5.41) is 0. The average Bonchev–Trinajstić information content (AvgIpc) is 2.76. The summed E-state index contributed by atoms with van der Waals surface area (Å²) in [4.78, 5) is 0. The lowest BCUT2D eigenvalue weighted by atomic mass is 10.5. The van der Waals surface area contributed by atoms with E-state index in [2.05, 4.69) is 0 Å². The zero-order valence-electron chi connectivity index (χ0n) is 7.51. The van der Waals surface area contributed by atoms with Crippen LogP contribution in [0.15, 0.2) is 45.6 Å². The molecule has 0 fully saturated rings. The maximum Gasteiger partial charge on any atom is 0.113 e. The molecule has 0 aliphatic heterocycles. The summed E-state index contributed by atoms with van der Waals surface area (Å²) >= 11 is 5.34. The minimum absolute atomic E-state index is 0.133. The van der Waals surface area contributed by atoms with Crippen LogP contribution in [-0.4, -0.2) is 0 Å². The minimum Gasteiger partial charge on any atom is -0.468 e. The van der Waals surface area contributed by atoms with Crippen LogP contribution in [0.1, 0.15) is 11.5 Å². The second kappa shape index (κ2) is 4.57. The molecular weight excluding hydrogens is 216 g/mol. The molecule has 0 aromatic carbocycles. The molecule has 0 aliphatic carbocycles. The lowest BCUT2D eigenvalue weighted by Gasteiger charge is -1.99. The van der Waals surface area contributed by atoms with E-state index in [1.807, 2.05) is 24.3 Å². The Bertz CT molecular complexity index is 351. The van der Waals surface area contributed by atoms with E-state index in [1.165, 1.54) is 0 Å². The summed E-state index contributed by atoms with van der Waals surface area (Å²) in [6, 6.07) is 7.67. The van der Waals surface area contributed by atoms with Gasteiger partial charge in [-0.3, -0.25) is 0 Å². The van der Waals surface area contributed by atoms with Gasteiger partial charge in [0.05, 0.1) is 24.0 Å². The van der Waals surface area contributed by atoms with Crippen LogP contribution in [0.5, 0.6) is 0 Å². The summed E-state index contributed by atoms with van der Waals surface area (Å²) in [7, 11) is -0.133. The molecule has 74 valence electrons. The number of rotatable bonds is 4. The van der Waals surface area contributed by atoms with Crippen LogP contribution >= 0.6 is 0 Å². The molecule has 2 aromatic heterocycles. The minimum atomic E-state index is -0.133. The van der Waals surface area contributed by atoms with E-state index in [0.717, 1.165) is 23.0 Å². The van der Waals surface area contributed by atoms with Gasteiger partial charge < -0.3 is 8.83 Å². The third-order valence-corrected chi connectivity index (χ3v) is 3.69. The fourth-order valence-corrected chi connectivity index (χ4v) is 2.92. The van der Waals surface area contributed by atoms with Crippen molar-refractivity contribution in [1.29, 1.82) is 0 Å². The second-order valence-electron chi connectivity index (χ2n) is 2.89. The molecule has 0 aliphatic rings. The van der Waals surface area contributed by atoms with Crippen molar-refractivity contribution in [2.45, 2.75) is 11.5 Å². The molecule has 0 saturated carbocycles. The van der Waals surface area contributed by atoms with Crippen LogP contribution < -0.4 is 0 Å². The van der Waals surface area contributed by atoms with E-state index in [-0.39, 0.29) is 9.45 Å². The van der Waals surface area contributed by atoms with Crippen LogP contribution in [0.25, 0.3) is 0 Å². The summed E-state index contributed by atoms with van der Waals surface area (Å²) in [5.74, 6) is 3.52. The third kappa shape index (κ3) is 2.56. The SMILES string of the molecule is S=S(Cc1ccco1)Cc1ccco1. The Morgan fingerprint density at radius 3 is 1.86 bits per heavy atom. The third-order valence-electron chi connectivity index (χ3n) is 1.77. The van der Waals surface area contributed by atoms with Gasteiger partial charge in [-0.05, 0) is 24.3 Å². The van der Waals surface area contributed by atoms with Gasteiger partial charge in [0.2, 0.25) is 0 Å². The molecule has 2 rings (SSSR count). The van der Waals surface area contributed by atoms with Crippen molar-refractivity contribution in [1.82, 2.24) is 0 Å². The van der Waals surface area contributed by atoms with E-state index >= 15 is 0 Å². The molecule has 0 radical (unpaired) electrons. The summed E-state index contributed by atoms with van der Waals surface area (Å²) in [6.07, 6.45) is 3.35. The standard InChI is InChI=1S/C10H10O2S2/c13-14(7-9-3-1-5-11-9)8-10-4-2-6-12-10/h1-6H,7-8H2. The fourth-order valence-electron chi connectivity index (χ4n) is 1.16. The van der Waals surface area contributed by atoms with Crippen molar-refractivity contribution in [2.75, 3.05) is 0 Å². The Labute approximate surface area is 89.5 Å². The molecule has 4 heteroatoms. The van der Waals surface area contributed by atoms with Gasteiger partial charge in [-0.2, -0.15) is 0 Å². The van der Waals surface area contributed by atoms with Gasteiger partial charge in [0, 0.05) is 0 Å². The van der Waals surface area contributed by atoms with E-state index in [9.17, 15) is 0 Å². The van der Waals surface area contributed by atoms with Gasteiger partial charge in [0.1, 0.15) is 11.5 Å². The van der Waals surface area contributed by atoms with Crippen molar-refractivity contribution in [3.8, 4) is 0 Å². The highest BCUT2D eigenvalue weighted by molar-refractivity contribution is 8.27. The Hall–Kier alpha value is -0.870. The van der Waals surface area contributed by atoms with Crippen LogP contribution in [0.2, 0.25) is 0 Å². The van der Waals surface area contributed by atoms with E-state index in [0.29, 0.717) is 0 Å². The first-order valence-electron chi connectivity index (χ1n) is 4.24. The molecule has 2 aromatic rings. The zero-order valence-corrected chi connectivity index (χ0v) is 9.14. The summed E-state index contributed by atoms with van der Waals surface area (Å²) < 4.78 is 10.5. The first kappa shape index (κ1) is 9.68. The molecule has 2 nitrogen and oxygen atoms in total. The molecule has 2 heterocycles. The summed E-state index contributed by atoms with van der Waals surface area (Å²) in [5.41, 5.74) is 0. The normalized spacial score (nSPS) is 10.9. The Morgan fingerprint density at radius 1 is 1.00 bits per heavy atom. The number of hydrogen-bond donors (Lipinski definition) is 0. The maximum absolute atomic E-state index is 5.34. The van der Waals surface area contributed by atoms with Crippen LogP contribution in [0.4, 0.5) is 0 Å². The Kier molecular flexibility index (Phi) is 3.16. The first-order valence-corrected chi connectivity index (χ1v) is 6.73. The quantitative estimate of drug-likeness (QED) is 0.801. The molecular formula is C10H10O2S2. The van der Waals surface area contributed by atoms with Crippen molar-refractivity contribution in [3.05, 3.63) is 48.3 Å². The Morgan fingerprint density at radius 2 is 1.50 bits per heavy atom. The molecule has 0 spiro atoms. The summed E-state index contributed by atoms with van der Waals surface area (Å²) in [6.45, 7) is 0. The van der Waals surface area contributed by atoms with Gasteiger partial charge in [-0.15, -0.1) is 9.45 Å². The van der Waals surface area contributed by atoms with Crippen LogP contribution in [0.3, 0.4) is 0 Å². The predicted molar refractivity (Wildman–Crippen MR) is 59.6 cm³/mol. The lowest BCUT2D eigenvalue weighted by molar-refractivity contribution is 0.526. The zero-order chi connectivity index (χ0) is 9.80. The molecule has 0 atom stereocenters. The molecule has 0 saturated heterocycles. The fraction of sp³-hybridized carbons (Fsp3) is 0.200. The lowest BCUT2D eigenvalue weighted by Crippen LogP contribution is -1.95. The van der Waals surface area contributed by atoms with E-state index in [4.69, 9.17) is 20.0 Å². The van der Waals surface area contributed by atoms with Crippen molar-refractivity contribution in [2.24, 2.45) is 0 Å². The smallest absolute Gasteiger partial charge is 0.113 e. The highest BCUT2D eigenvalue weighted by Crippen LogP contribution is 2.10. The van der Waals surface area contributed by atoms with Gasteiger partial charge in [0.25, 0.3) is 0 Å². The molecule has 14 heavy (non-hydrogen) atoms. The average molecular weight is 226 g/mol.